The first-order chi connectivity index (χ1) is 7.56. The molecule has 0 spiro atoms. The Morgan fingerprint density at radius 1 is 1.56 bits per heavy atom. The molecule has 0 saturated heterocycles. The van der Waals surface area contributed by atoms with Gasteiger partial charge in [-0.15, -0.1) is 0 Å². The Morgan fingerprint density at radius 2 is 2.25 bits per heavy atom. The quantitative estimate of drug-likeness (QED) is 0.720. The third-order valence-corrected chi connectivity index (χ3v) is 2.03. The molecule has 1 aromatic heterocycles. The molecule has 0 saturated carbocycles. The highest BCUT2D eigenvalue weighted by atomic mass is 16.5. The molecule has 0 aliphatic heterocycles. The molecule has 0 fully saturated rings. The van der Waals surface area contributed by atoms with Crippen LogP contribution in [0.5, 0.6) is 0 Å². The van der Waals surface area contributed by atoms with Gasteiger partial charge >= 0.3 is 5.97 Å². The number of nitrogens with one attached hydrogen (secondary N) is 1. The van der Waals surface area contributed by atoms with Gasteiger partial charge in [0, 0.05) is 6.04 Å². The van der Waals surface area contributed by atoms with E-state index in [9.17, 15) is 9.59 Å². The van der Waals surface area contributed by atoms with Crippen LogP contribution in [0.2, 0.25) is 0 Å². The number of nitrogens with zero attached hydrogens (tertiary/aromatic N) is 3. The molecule has 0 atom stereocenters. The van der Waals surface area contributed by atoms with Crippen molar-refractivity contribution in [2.75, 3.05) is 13.7 Å². The number of amides is 1. The molecular weight excluding hydrogens is 212 g/mol. The Labute approximate surface area is 92.8 Å². The maximum atomic E-state index is 11.9. The lowest BCUT2D eigenvalue weighted by Gasteiger charge is -2.24. The first-order valence-corrected chi connectivity index (χ1v) is 4.79. The second-order valence-electron chi connectivity index (χ2n) is 3.44. The predicted octanol–water partition coefficient (Wildman–Crippen LogP) is -0.172. The third kappa shape index (κ3) is 2.78. The first kappa shape index (κ1) is 12.2. The molecule has 7 nitrogen and oxygen atoms in total. The number of carbonyl (C=O) groups excluding carboxylic acids is 2. The van der Waals surface area contributed by atoms with Gasteiger partial charge in [-0.1, -0.05) is 0 Å². The van der Waals surface area contributed by atoms with Crippen molar-refractivity contribution in [2.45, 2.75) is 19.9 Å². The van der Waals surface area contributed by atoms with Crippen LogP contribution in [-0.2, 0) is 9.53 Å². The topological polar surface area (TPSA) is 88.2 Å². The summed E-state index contributed by atoms with van der Waals surface area (Å²) in [6.45, 7) is 3.50. The zero-order chi connectivity index (χ0) is 12.1. The third-order valence-electron chi connectivity index (χ3n) is 2.03. The van der Waals surface area contributed by atoms with Crippen LogP contribution in [0.1, 0.15) is 24.5 Å². The van der Waals surface area contributed by atoms with Gasteiger partial charge < -0.3 is 9.64 Å². The van der Waals surface area contributed by atoms with Crippen LogP contribution in [0.3, 0.4) is 0 Å². The van der Waals surface area contributed by atoms with Crippen molar-refractivity contribution in [3.63, 3.8) is 0 Å². The van der Waals surface area contributed by atoms with E-state index in [4.69, 9.17) is 0 Å². The minimum Gasteiger partial charge on any atom is -0.468 e. The number of aromatic amines is 1. The smallest absolute Gasteiger partial charge is 0.325 e. The van der Waals surface area contributed by atoms with Gasteiger partial charge in [-0.05, 0) is 13.8 Å². The number of rotatable bonds is 4. The second kappa shape index (κ2) is 5.24. The van der Waals surface area contributed by atoms with E-state index in [0.717, 1.165) is 0 Å². The number of aromatic nitrogens is 3. The molecule has 1 amide bonds. The largest absolute Gasteiger partial charge is 0.468 e. The zero-order valence-electron chi connectivity index (χ0n) is 9.43. The van der Waals surface area contributed by atoms with Crippen molar-refractivity contribution in [3.05, 3.63) is 12.2 Å². The average molecular weight is 226 g/mol. The lowest BCUT2D eigenvalue weighted by molar-refractivity contribution is -0.141. The minimum atomic E-state index is -0.471. The zero-order valence-corrected chi connectivity index (χ0v) is 9.43. The number of ether oxygens (including phenoxy) is 1. The van der Waals surface area contributed by atoms with E-state index in [0.29, 0.717) is 0 Å². The highest BCUT2D eigenvalue weighted by molar-refractivity contribution is 5.92. The van der Waals surface area contributed by atoms with Gasteiger partial charge in [0.15, 0.2) is 0 Å². The van der Waals surface area contributed by atoms with E-state index in [-0.39, 0.29) is 24.3 Å². The maximum absolute atomic E-state index is 11.9. The van der Waals surface area contributed by atoms with Crippen molar-refractivity contribution in [1.29, 1.82) is 0 Å². The summed E-state index contributed by atoms with van der Waals surface area (Å²) in [6, 6.07) is -0.128. The summed E-state index contributed by atoms with van der Waals surface area (Å²) in [5.41, 5.74) is 0. The summed E-state index contributed by atoms with van der Waals surface area (Å²) in [7, 11) is 1.28. The van der Waals surface area contributed by atoms with Gasteiger partial charge in [0.2, 0.25) is 5.82 Å². The predicted molar refractivity (Wildman–Crippen MR) is 54.6 cm³/mol. The Bertz CT molecular complexity index is 361. The SMILES string of the molecule is COC(=O)CN(C(=O)c1ncn[nH]1)C(C)C. The molecule has 1 rings (SSSR count). The van der Waals surface area contributed by atoms with E-state index >= 15 is 0 Å². The number of hydrogen-bond acceptors (Lipinski definition) is 5. The molecule has 16 heavy (non-hydrogen) atoms. The molecule has 0 radical (unpaired) electrons. The van der Waals surface area contributed by atoms with E-state index in [1.165, 1.54) is 18.3 Å². The molecule has 1 heterocycles. The van der Waals surface area contributed by atoms with E-state index < -0.39 is 5.97 Å². The number of esters is 1. The van der Waals surface area contributed by atoms with Crippen molar-refractivity contribution < 1.29 is 14.3 Å². The van der Waals surface area contributed by atoms with Crippen LogP contribution in [0.4, 0.5) is 0 Å². The fourth-order valence-corrected chi connectivity index (χ4v) is 1.14. The summed E-state index contributed by atoms with van der Waals surface area (Å²) >= 11 is 0. The lowest BCUT2D eigenvalue weighted by atomic mass is 10.3. The van der Waals surface area contributed by atoms with Crippen LogP contribution < -0.4 is 0 Å². The van der Waals surface area contributed by atoms with Crippen LogP contribution in [0, 0.1) is 0 Å². The Morgan fingerprint density at radius 3 is 2.69 bits per heavy atom. The van der Waals surface area contributed by atoms with Crippen molar-refractivity contribution in [2.24, 2.45) is 0 Å². The van der Waals surface area contributed by atoms with Gasteiger partial charge in [0.05, 0.1) is 7.11 Å². The summed E-state index contributed by atoms with van der Waals surface area (Å²) in [4.78, 5) is 28.1. The lowest BCUT2D eigenvalue weighted by Crippen LogP contribution is -2.41. The van der Waals surface area contributed by atoms with Crippen molar-refractivity contribution in [1.82, 2.24) is 20.1 Å². The van der Waals surface area contributed by atoms with Crippen LogP contribution in [0.15, 0.2) is 6.33 Å². The fourth-order valence-electron chi connectivity index (χ4n) is 1.14. The van der Waals surface area contributed by atoms with Crippen LogP contribution in [0.25, 0.3) is 0 Å². The molecular formula is C9H14N4O3. The standard InChI is InChI=1S/C9H14N4O3/c1-6(2)13(4-7(14)16-3)9(15)8-10-5-11-12-8/h5-6H,4H2,1-3H3,(H,10,11,12). The molecule has 1 aromatic rings. The fraction of sp³-hybridized carbons (Fsp3) is 0.556. The molecule has 0 bridgehead atoms. The average Bonchev–Trinajstić information content (AvgIpc) is 2.77. The number of carbonyl (C=O) groups is 2. The Hall–Kier alpha value is -1.92. The molecule has 0 aliphatic rings. The van der Waals surface area contributed by atoms with Gasteiger partial charge in [-0.2, -0.15) is 5.10 Å². The van der Waals surface area contributed by atoms with Crippen LogP contribution in [-0.4, -0.2) is 51.7 Å². The summed E-state index contributed by atoms with van der Waals surface area (Å²) < 4.78 is 4.52. The number of methoxy groups -OCH3 is 1. The van der Waals surface area contributed by atoms with Gasteiger partial charge in [0.1, 0.15) is 12.9 Å². The highest BCUT2D eigenvalue weighted by Crippen LogP contribution is 2.04. The van der Waals surface area contributed by atoms with Crippen LogP contribution >= 0.6 is 0 Å². The molecule has 7 heteroatoms. The summed E-state index contributed by atoms with van der Waals surface area (Å²) in [5.74, 6) is -0.739. The summed E-state index contributed by atoms with van der Waals surface area (Å²) in [5, 5.41) is 6.04. The Balaban J connectivity index is 2.78. The summed E-state index contributed by atoms with van der Waals surface area (Å²) in [6.07, 6.45) is 1.24. The normalized spacial score (nSPS) is 10.2. The maximum Gasteiger partial charge on any atom is 0.325 e. The molecule has 88 valence electrons. The molecule has 1 N–H and O–H groups in total. The number of hydrogen-bond donors (Lipinski definition) is 1. The highest BCUT2D eigenvalue weighted by Gasteiger charge is 2.23. The van der Waals surface area contributed by atoms with E-state index in [1.54, 1.807) is 13.8 Å². The first-order valence-electron chi connectivity index (χ1n) is 4.79. The van der Waals surface area contributed by atoms with Gasteiger partial charge in [0.25, 0.3) is 5.91 Å². The monoisotopic (exact) mass is 226 g/mol. The van der Waals surface area contributed by atoms with E-state index in [1.807, 2.05) is 0 Å². The van der Waals surface area contributed by atoms with Gasteiger partial charge in [-0.3, -0.25) is 14.7 Å². The molecule has 0 unspecified atom stereocenters. The molecule has 0 aliphatic carbocycles. The Kier molecular flexibility index (Phi) is 3.98. The van der Waals surface area contributed by atoms with Crippen molar-refractivity contribution in [3.8, 4) is 0 Å². The molecule has 0 aromatic carbocycles. The second-order valence-corrected chi connectivity index (χ2v) is 3.44. The van der Waals surface area contributed by atoms with Crippen molar-refractivity contribution >= 4 is 11.9 Å². The van der Waals surface area contributed by atoms with Gasteiger partial charge in [-0.25, -0.2) is 4.98 Å². The van der Waals surface area contributed by atoms with E-state index in [2.05, 4.69) is 19.9 Å². The number of H-pyrrole nitrogens is 1. The minimum absolute atomic E-state index is 0.103.